The van der Waals surface area contributed by atoms with Crippen LogP contribution in [-0.2, 0) is 4.74 Å². The summed E-state index contributed by atoms with van der Waals surface area (Å²) in [5.74, 6) is 0.216. The molecule has 9 heteroatoms. The van der Waals surface area contributed by atoms with Crippen LogP contribution in [0.5, 0.6) is 6.01 Å². The largest absolute Gasteiger partial charge is 0.460 e. The fourth-order valence-electron chi connectivity index (χ4n) is 3.91. The first kappa shape index (κ1) is 17.4. The minimum Gasteiger partial charge on any atom is -0.460 e. The molecule has 2 aliphatic rings. The van der Waals surface area contributed by atoms with Crippen molar-refractivity contribution < 1.29 is 19.7 Å². The number of hydrogen-bond donors (Lipinski definition) is 3. The minimum absolute atomic E-state index is 0.0988. The molecular weight excluding hydrogens is 338 g/mol. The van der Waals surface area contributed by atoms with Crippen molar-refractivity contribution in [3.05, 3.63) is 6.33 Å². The molecule has 0 radical (unpaired) electrons. The van der Waals surface area contributed by atoms with Crippen LogP contribution in [0.15, 0.2) is 6.33 Å². The molecule has 2 aromatic heterocycles. The fraction of sp³-hybridized carbons (Fsp3) is 0.706. The maximum atomic E-state index is 10.7. The van der Waals surface area contributed by atoms with Gasteiger partial charge in [0.05, 0.1) is 12.4 Å². The van der Waals surface area contributed by atoms with E-state index in [4.69, 9.17) is 15.2 Å². The van der Waals surface area contributed by atoms with Crippen LogP contribution in [0, 0.1) is 0 Å². The van der Waals surface area contributed by atoms with Gasteiger partial charge in [-0.2, -0.15) is 9.97 Å². The lowest BCUT2D eigenvalue weighted by Gasteiger charge is -2.27. The number of imidazole rings is 1. The van der Waals surface area contributed by atoms with Crippen molar-refractivity contribution >= 4 is 17.0 Å². The lowest BCUT2D eigenvalue weighted by molar-refractivity contribution is -0.0749. The van der Waals surface area contributed by atoms with Gasteiger partial charge in [-0.3, -0.25) is 4.57 Å². The van der Waals surface area contributed by atoms with Gasteiger partial charge in [0.15, 0.2) is 23.2 Å². The average Bonchev–Trinajstić information content (AvgIpc) is 3.32. The molecule has 142 valence electrons. The van der Waals surface area contributed by atoms with E-state index in [1.165, 1.54) is 6.33 Å². The first-order valence-corrected chi connectivity index (χ1v) is 9.16. The molecule has 9 nitrogen and oxygen atoms in total. The lowest BCUT2D eigenvalue weighted by Crippen LogP contribution is -2.45. The van der Waals surface area contributed by atoms with Gasteiger partial charge in [-0.25, -0.2) is 4.98 Å². The van der Waals surface area contributed by atoms with E-state index in [1.54, 1.807) is 11.5 Å². The Hall–Kier alpha value is -1.97. The molecule has 0 amide bonds. The number of anilines is 1. The Morgan fingerprint density at radius 2 is 2.12 bits per heavy atom. The predicted octanol–water partition coefficient (Wildman–Crippen LogP) is 1.15. The highest BCUT2D eigenvalue weighted by molar-refractivity contribution is 5.82. The van der Waals surface area contributed by atoms with Crippen molar-refractivity contribution in [1.29, 1.82) is 0 Å². The number of nitrogens with two attached hydrogens (primary N) is 1. The molecule has 4 N–H and O–H groups in total. The monoisotopic (exact) mass is 363 g/mol. The summed E-state index contributed by atoms with van der Waals surface area (Å²) in [6, 6.07) is 0.204. The van der Waals surface area contributed by atoms with Crippen LogP contribution in [0.4, 0.5) is 5.82 Å². The Morgan fingerprint density at radius 1 is 1.38 bits per heavy atom. The summed E-state index contributed by atoms with van der Waals surface area (Å²) in [7, 11) is 0. The van der Waals surface area contributed by atoms with Gasteiger partial charge in [-0.15, -0.1) is 0 Å². The topological polar surface area (TPSA) is 129 Å². The van der Waals surface area contributed by atoms with E-state index in [0.29, 0.717) is 17.6 Å². The summed E-state index contributed by atoms with van der Waals surface area (Å²) < 4.78 is 13.3. The van der Waals surface area contributed by atoms with Gasteiger partial charge in [0.2, 0.25) is 0 Å². The second-order valence-electron chi connectivity index (χ2n) is 7.20. The maximum Gasteiger partial charge on any atom is 0.320 e. The molecule has 0 spiro atoms. The molecule has 3 heterocycles. The third-order valence-corrected chi connectivity index (χ3v) is 5.67. The van der Waals surface area contributed by atoms with Crippen molar-refractivity contribution in [2.45, 2.75) is 76.1 Å². The normalized spacial score (nSPS) is 32.5. The molecule has 1 aliphatic carbocycles. The van der Waals surface area contributed by atoms with Crippen molar-refractivity contribution in [3.8, 4) is 6.01 Å². The highest BCUT2D eigenvalue weighted by atomic mass is 16.6. The Bertz CT molecular complexity index is 806. The molecule has 2 fully saturated rings. The van der Waals surface area contributed by atoms with Crippen molar-refractivity contribution in [2.75, 3.05) is 5.73 Å². The Morgan fingerprint density at radius 3 is 2.77 bits per heavy atom. The summed E-state index contributed by atoms with van der Waals surface area (Å²) in [4.78, 5) is 12.9. The van der Waals surface area contributed by atoms with E-state index >= 15 is 0 Å². The second-order valence-corrected chi connectivity index (χ2v) is 7.20. The minimum atomic E-state index is -1.33. The Balaban J connectivity index is 1.71. The van der Waals surface area contributed by atoms with Gasteiger partial charge in [0, 0.05) is 0 Å². The number of rotatable bonds is 4. The standard InChI is InChI=1S/C17H25N5O4/c1-3-17(24)9(2)25-15(12(17)23)22-8-19-11-13(18)20-16(21-14(11)22)26-10-6-4-5-7-10/h8-10,12,15,23-24H,3-7H2,1-2H3,(H2,18,20,21)/t9-,12+,15?,17+/m1/s1. The molecule has 2 aromatic rings. The molecule has 1 aliphatic heterocycles. The molecule has 1 saturated carbocycles. The highest BCUT2D eigenvalue weighted by Crippen LogP contribution is 2.40. The zero-order valence-corrected chi connectivity index (χ0v) is 15.0. The van der Waals surface area contributed by atoms with Crippen LogP contribution >= 0.6 is 0 Å². The molecule has 1 unspecified atom stereocenters. The fourth-order valence-corrected chi connectivity index (χ4v) is 3.91. The summed E-state index contributed by atoms with van der Waals surface area (Å²) >= 11 is 0. The second kappa shape index (κ2) is 6.33. The molecular formula is C17H25N5O4. The van der Waals surface area contributed by atoms with E-state index in [-0.39, 0.29) is 17.9 Å². The first-order chi connectivity index (χ1) is 12.4. The van der Waals surface area contributed by atoms with E-state index in [9.17, 15) is 10.2 Å². The summed E-state index contributed by atoms with van der Waals surface area (Å²) in [6.07, 6.45) is 3.73. The van der Waals surface area contributed by atoms with Gasteiger partial charge < -0.3 is 25.4 Å². The molecule has 0 aromatic carbocycles. The van der Waals surface area contributed by atoms with E-state index < -0.39 is 24.0 Å². The van der Waals surface area contributed by atoms with Gasteiger partial charge in [-0.1, -0.05) is 6.92 Å². The number of fused-ring (bicyclic) bond motifs is 1. The lowest BCUT2D eigenvalue weighted by atomic mass is 9.90. The summed E-state index contributed by atoms with van der Waals surface area (Å²) in [6.45, 7) is 3.55. The SMILES string of the molecule is CC[C@]1(O)[C@@H](C)OC(n2cnc3c(N)nc(OC4CCCC4)nc32)[C@@H]1O. The van der Waals surface area contributed by atoms with Crippen LogP contribution in [0.3, 0.4) is 0 Å². The Kier molecular flexibility index (Phi) is 4.25. The third-order valence-electron chi connectivity index (χ3n) is 5.67. The number of nitrogens with zero attached hydrogens (tertiary/aromatic N) is 4. The van der Waals surface area contributed by atoms with E-state index in [0.717, 1.165) is 25.7 Å². The van der Waals surface area contributed by atoms with Gasteiger partial charge in [-0.05, 0) is 39.0 Å². The molecule has 4 atom stereocenters. The number of hydrogen-bond acceptors (Lipinski definition) is 8. The number of nitrogen functional groups attached to an aromatic ring is 1. The molecule has 4 rings (SSSR count). The van der Waals surface area contributed by atoms with Gasteiger partial charge in [0.1, 0.15) is 17.8 Å². The zero-order valence-electron chi connectivity index (χ0n) is 15.0. The number of aromatic nitrogens is 4. The van der Waals surface area contributed by atoms with Crippen molar-refractivity contribution in [1.82, 2.24) is 19.5 Å². The smallest absolute Gasteiger partial charge is 0.320 e. The highest BCUT2D eigenvalue weighted by Gasteiger charge is 2.53. The number of aliphatic hydroxyl groups is 2. The van der Waals surface area contributed by atoms with Gasteiger partial charge in [0.25, 0.3) is 0 Å². The zero-order chi connectivity index (χ0) is 18.5. The van der Waals surface area contributed by atoms with Crippen LogP contribution in [0.25, 0.3) is 11.2 Å². The van der Waals surface area contributed by atoms with Crippen LogP contribution in [-0.4, -0.2) is 53.6 Å². The van der Waals surface area contributed by atoms with E-state index in [1.807, 2.05) is 6.92 Å². The maximum absolute atomic E-state index is 10.7. The number of aliphatic hydroxyl groups excluding tert-OH is 1. The van der Waals surface area contributed by atoms with Crippen molar-refractivity contribution in [2.24, 2.45) is 0 Å². The quantitative estimate of drug-likeness (QED) is 0.738. The molecule has 0 bridgehead atoms. The summed E-state index contributed by atoms with van der Waals surface area (Å²) in [5.41, 5.74) is 5.53. The summed E-state index contributed by atoms with van der Waals surface area (Å²) in [5, 5.41) is 21.3. The van der Waals surface area contributed by atoms with Crippen LogP contribution in [0.2, 0.25) is 0 Å². The number of ether oxygens (including phenoxy) is 2. The van der Waals surface area contributed by atoms with E-state index in [2.05, 4.69) is 15.0 Å². The average molecular weight is 363 g/mol. The molecule has 26 heavy (non-hydrogen) atoms. The van der Waals surface area contributed by atoms with Crippen molar-refractivity contribution in [3.63, 3.8) is 0 Å². The molecule has 1 saturated heterocycles. The predicted molar refractivity (Wildman–Crippen MR) is 93.5 cm³/mol. The third kappa shape index (κ3) is 2.62. The first-order valence-electron chi connectivity index (χ1n) is 9.16. The van der Waals surface area contributed by atoms with Gasteiger partial charge >= 0.3 is 6.01 Å². The van der Waals surface area contributed by atoms with Crippen LogP contribution < -0.4 is 10.5 Å². The Labute approximate surface area is 151 Å². The van der Waals surface area contributed by atoms with Crippen LogP contribution in [0.1, 0.15) is 52.2 Å².